The molecule has 11 nitrogen and oxygen atoms in total. The number of carboxylic acid groups (broad SMARTS) is 2. The Balaban J connectivity index is -0.000000434. The maximum atomic E-state index is 11.2. The van der Waals surface area contributed by atoms with Crippen LogP contribution in [0.4, 0.5) is 0 Å². The van der Waals surface area contributed by atoms with Gasteiger partial charge in [0.15, 0.2) is 0 Å². The second-order valence-electron chi connectivity index (χ2n) is 9.22. The van der Waals surface area contributed by atoms with E-state index in [9.17, 15) is 24.0 Å². The number of carboxylic acids is 2. The number of ether oxygens (including phenoxy) is 1. The summed E-state index contributed by atoms with van der Waals surface area (Å²) in [6, 6.07) is -0.340. The molecule has 0 fully saturated rings. The number of ketones is 1. The summed E-state index contributed by atoms with van der Waals surface area (Å²) in [6.45, 7) is 11.7. The Kier molecular flexibility index (Phi) is 20.0. The molecule has 0 aliphatic carbocycles. The maximum absolute atomic E-state index is 11.2. The first-order valence-corrected chi connectivity index (χ1v) is 11.2. The molecule has 0 saturated heterocycles. The van der Waals surface area contributed by atoms with E-state index in [-0.39, 0.29) is 48.9 Å². The normalized spacial score (nSPS) is 14.0. The monoisotopic (exact) mass is 492 g/mol. The van der Waals surface area contributed by atoms with Crippen LogP contribution in [0.3, 0.4) is 0 Å². The van der Waals surface area contributed by atoms with E-state index >= 15 is 0 Å². The zero-order valence-corrected chi connectivity index (χ0v) is 21.5. The fourth-order valence-corrected chi connectivity index (χ4v) is 1.94. The van der Waals surface area contributed by atoms with Crippen molar-refractivity contribution in [3.05, 3.63) is 0 Å². The van der Waals surface area contributed by atoms with Crippen LogP contribution in [0.15, 0.2) is 0 Å². The average molecular weight is 493 g/mol. The van der Waals surface area contributed by atoms with Crippen LogP contribution in [-0.2, 0) is 28.7 Å². The van der Waals surface area contributed by atoms with Gasteiger partial charge in [-0.2, -0.15) is 0 Å². The van der Waals surface area contributed by atoms with Crippen LogP contribution in [0.25, 0.3) is 0 Å². The molecule has 0 heterocycles. The molecule has 1 amide bonds. The molecule has 0 bridgehead atoms. The third-order valence-corrected chi connectivity index (χ3v) is 4.45. The molecular weight excluding hydrogens is 448 g/mol. The molecular formula is C23H44N2O9. The Hall–Kier alpha value is -2.53. The number of hydrogen-bond acceptors (Lipinski definition) is 8. The first-order chi connectivity index (χ1) is 15.3. The summed E-state index contributed by atoms with van der Waals surface area (Å²) in [7, 11) is 0. The predicted octanol–water partition coefficient (Wildman–Crippen LogP) is 1.87. The zero-order valence-electron chi connectivity index (χ0n) is 21.5. The number of aliphatic hydroxyl groups is 1. The Bertz CT molecular complexity index is 643. The SMILES string of the molecule is CC(=O)C(C)CCC(=O)O.CC(O)C(N)CCC(N)=O.C[C@@H](CCC(=O)OC(C)(C)C)C(=O)O. The summed E-state index contributed by atoms with van der Waals surface area (Å²) in [4.78, 5) is 52.4. The van der Waals surface area contributed by atoms with Crippen LogP contribution in [0.5, 0.6) is 0 Å². The van der Waals surface area contributed by atoms with E-state index in [1.165, 1.54) is 6.92 Å². The summed E-state index contributed by atoms with van der Waals surface area (Å²) < 4.78 is 5.04. The lowest BCUT2D eigenvalue weighted by Gasteiger charge is -2.19. The molecule has 0 aromatic carbocycles. The number of nitrogens with two attached hydrogens (primary N) is 2. The summed E-state index contributed by atoms with van der Waals surface area (Å²) >= 11 is 0. The predicted molar refractivity (Wildman–Crippen MR) is 127 cm³/mol. The number of carbonyl (C=O) groups excluding carboxylic acids is 3. The van der Waals surface area contributed by atoms with Crippen molar-refractivity contribution in [2.24, 2.45) is 23.3 Å². The Morgan fingerprint density at radius 3 is 1.65 bits per heavy atom. The summed E-state index contributed by atoms with van der Waals surface area (Å²) in [5.74, 6) is -3.00. The van der Waals surface area contributed by atoms with Crippen molar-refractivity contribution < 1.29 is 44.0 Å². The molecule has 7 N–H and O–H groups in total. The second-order valence-corrected chi connectivity index (χ2v) is 9.22. The van der Waals surface area contributed by atoms with Crippen LogP contribution in [0.2, 0.25) is 0 Å². The molecule has 3 unspecified atom stereocenters. The van der Waals surface area contributed by atoms with Gasteiger partial charge in [-0.3, -0.25) is 24.0 Å². The average Bonchev–Trinajstić information content (AvgIpc) is 2.67. The van der Waals surface area contributed by atoms with E-state index in [4.69, 9.17) is 31.5 Å². The molecule has 200 valence electrons. The number of carbonyl (C=O) groups is 5. The van der Waals surface area contributed by atoms with E-state index in [0.717, 1.165) is 0 Å². The minimum Gasteiger partial charge on any atom is -0.481 e. The van der Waals surface area contributed by atoms with Crippen molar-refractivity contribution in [3.63, 3.8) is 0 Å². The second kappa shape index (κ2) is 18.8. The van der Waals surface area contributed by atoms with Gasteiger partial charge in [0.1, 0.15) is 11.4 Å². The van der Waals surface area contributed by atoms with Crippen LogP contribution in [0, 0.1) is 11.8 Å². The van der Waals surface area contributed by atoms with E-state index in [2.05, 4.69) is 0 Å². The molecule has 34 heavy (non-hydrogen) atoms. The van der Waals surface area contributed by atoms with Crippen molar-refractivity contribution in [2.75, 3.05) is 0 Å². The number of Topliss-reactive ketones (excluding diaryl/α,β-unsaturated/α-hetero) is 1. The number of aliphatic hydroxyl groups excluding tert-OH is 1. The van der Waals surface area contributed by atoms with Crippen LogP contribution >= 0.6 is 0 Å². The van der Waals surface area contributed by atoms with Gasteiger partial charge < -0.3 is 31.5 Å². The quantitative estimate of drug-likeness (QED) is 0.250. The number of esters is 1. The highest BCUT2D eigenvalue weighted by atomic mass is 16.6. The molecule has 0 aromatic rings. The van der Waals surface area contributed by atoms with Crippen molar-refractivity contribution in [1.82, 2.24) is 0 Å². The third-order valence-electron chi connectivity index (χ3n) is 4.45. The van der Waals surface area contributed by atoms with Crippen molar-refractivity contribution in [3.8, 4) is 0 Å². The lowest BCUT2D eigenvalue weighted by Crippen LogP contribution is -2.33. The lowest BCUT2D eigenvalue weighted by atomic mass is 10.0. The molecule has 0 saturated carbocycles. The van der Waals surface area contributed by atoms with Gasteiger partial charge in [-0.15, -0.1) is 0 Å². The molecule has 0 rings (SSSR count). The summed E-state index contributed by atoms with van der Waals surface area (Å²) in [5, 5.41) is 25.7. The molecule has 0 aliphatic rings. The number of hydrogen-bond donors (Lipinski definition) is 5. The molecule has 4 atom stereocenters. The highest BCUT2D eigenvalue weighted by Gasteiger charge is 2.18. The van der Waals surface area contributed by atoms with E-state index < -0.39 is 29.6 Å². The summed E-state index contributed by atoms with van der Waals surface area (Å²) in [6.07, 6.45) is 1.14. The Morgan fingerprint density at radius 2 is 1.32 bits per heavy atom. The molecule has 0 spiro atoms. The number of amides is 1. The highest BCUT2D eigenvalue weighted by Crippen LogP contribution is 2.12. The smallest absolute Gasteiger partial charge is 0.306 e. The van der Waals surface area contributed by atoms with Gasteiger partial charge in [0.05, 0.1) is 12.0 Å². The van der Waals surface area contributed by atoms with Gasteiger partial charge in [-0.1, -0.05) is 13.8 Å². The molecule has 0 aromatic heterocycles. The van der Waals surface area contributed by atoms with Crippen LogP contribution < -0.4 is 11.5 Å². The van der Waals surface area contributed by atoms with E-state index in [1.54, 1.807) is 41.5 Å². The third kappa shape index (κ3) is 27.5. The van der Waals surface area contributed by atoms with Crippen LogP contribution in [-0.4, -0.2) is 62.7 Å². The van der Waals surface area contributed by atoms with Crippen molar-refractivity contribution in [2.45, 2.75) is 105 Å². The largest absolute Gasteiger partial charge is 0.481 e. The minimum absolute atomic E-state index is 0.0567. The van der Waals surface area contributed by atoms with Gasteiger partial charge in [0.25, 0.3) is 0 Å². The summed E-state index contributed by atoms with van der Waals surface area (Å²) in [5.41, 5.74) is 9.78. The minimum atomic E-state index is -0.881. The molecule has 0 aliphatic heterocycles. The first-order valence-electron chi connectivity index (χ1n) is 11.2. The Morgan fingerprint density at radius 1 is 0.853 bits per heavy atom. The highest BCUT2D eigenvalue weighted by molar-refractivity contribution is 5.78. The zero-order chi connectivity index (χ0) is 27.6. The van der Waals surface area contributed by atoms with Gasteiger partial charge >= 0.3 is 17.9 Å². The fraction of sp³-hybridized carbons (Fsp3) is 0.783. The van der Waals surface area contributed by atoms with Gasteiger partial charge in [-0.25, -0.2) is 0 Å². The van der Waals surface area contributed by atoms with Gasteiger partial charge in [-0.05, 0) is 53.9 Å². The van der Waals surface area contributed by atoms with Crippen LogP contribution in [0.1, 0.15) is 87.0 Å². The molecule has 0 radical (unpaired) electrons. The number of primary amides is 1. The van der Waals surface area contributed by atoms with E-state index in [1.807, 2.05) is 0 Å². The molecule has 11 heteroatoms. The topological polar surface area (TPSA) is 207 Å². The van der Waals surface area contributed by atoms with E-state index in [0.29, 0.717) is 19.3 Å². The Labute approximate surface area is 202 Å². The van der Waals surface area contributed by atoms with Gasteiger partial charge in [0, 0.05) is 31.2 Å². The van der Waals surface area contributed by atoms with Gasteiger partial charge in [0.2, 0.25) is 5.91 Å². The fourth-order valence-electron chi connectivity index (χ4n) is 1.94. The van der Waals surface area contributed by atoms with Crippen molar-refractivity contribution in [1.29, 1.82) is 0 Å². The number of rotatable bonds is 12. The standard InChI is InChI=1S/C10H18O4.C7H12O3.C6H14N2O2/c1-7(9(12)13)5-6-8(11)14-10(2,3)4;1-5(6(2)8)3-4-7(9)10;1-4(9)5(7)2-3-6(8)10/h7H,5-6H2,1-4H3,(H,12,13);5H,3-4H2,1-2H3,(H,9,10);4-5,9H,2-3,7H2,1H3,(H2,8,10)/t7-;;/m0../s1. The lowest BCUT2D eigenvalue weighted by molar-refractivity contribution is -0.155. The maximum Gasteiger partial charge on any atom is 0.306 e. The van der Waals surface area contributed by atoms with Crippen molar-refractivity contribution >= 4 is 29.6 Å². The number of aliphatic carboxylic acids is 2. The first kappa shape index (κ1) is 36.0.